The summed E-state index contributed by atoms with van der Waals surface area (Å²) < 4.78 is 9.40. The lowest BCUT2D eigenvalue weighted by Gasteiger charge is -2.38. The Labute approximate surface area is 248 Å². The maximum absolute atomic E-state index is 12.6. The van der Waals surface area contributed by atoms with Crippen LogP contribution in [0.25, 0.3) is 42.9 Å². The molecular formula is C32H33ClN4O3S. The third-order valence-corrected chi connectivity index (χ3v) is 8.93. The largest absolute Gasteiger partial charge is 0.479 e. The zero-order valence-corrected chi connectivity index (χ0v) is 25.6. The number of hydrogen-bond donors (Lipinski definition) is 1. The third-order valence-electron chi connectivity index (χ3n) is 7.54. The first-order chi connectivity index (χ1) is 19.4. The predicted octanol–water partition coefficient (Wildman–Crippen LogP) is 7.68. The number of imidazole rings is 1. The number of likely N-dealkylation sites (N-methyl/N-ethyl adjacent to an activating group) is 1. The first kappa shape index (κ1) is 27.8. The van der Waals surface area contributed by atoms with E-state index in [0.29, 0.717) is 16.6 Å². The molecule has 2 aromatic heterocycles. The number of aliphatic carboxylic acids is 1. The van der Waals surface area contributed by atoms with Crippen LogP contribution in [0.15, 0.2) is 48.5 Å². The smallest absolute Gasteiger partial charge is 0.337 e. The van der Waals surface area contributed by atoms with Crippen LogP contribution >= 0.6 is 22.9 Å². The first-order valence-electron chi connectivity index (χ1n) is 13.7. The van der Waals surface area contributed by atoms with Gasteiger partial charge in [-0.1, -0.05) is 23.7 Å². The molecule has 0 unspecified atom stereocenters. The van der Waals surface area contributed by atoms with E-state index >= 15 is 0 Å². The van der Waals surface area contributed by atoms with Crippen LogP contribution in [0.4, 0.5) is 0 Å². The van der Waals surface area contributed by atoms with Crippen molar-refractivity contribution in [2.45, 2.75) is 52.4 Å². The second kappa shape index (κ2) is 10.2. The fourth-order valence-electron chi connectivity index (χ4n) is 5.80. The van der Waals surface area contributed by atoms with Crippen LogP contribution in [0.3, 0.4) is 0 Å². The highest BCUT2D eigenvalue weighted by molar-refractivity contribution is 7.22. The number of rotatable bonds is 6. The SMILES string of the molecule is Cc1cc2nc(-c3ccc4nc(C)n(C5CN(C)C5)c4c3)sc2c(-c2ccc(Cl)cc2)c1[C@H](OC(C)(C)C)C(=O)O. The highest BCUT2D eigenvalue weighted by Gasteiger charge is 2.33. The van der Waals surface area contributed by atoms with Crippen molar-refractivity contribution in [2.24, 2.45) is 0 Å². The zero-order valence-electron chi connectivity index (χ0n) is 24.0. The number of fused-ring (bicyclic) bond motifs is 2. The number of thiazole rings is 1. The molecule has 0 amide bonds. The number of ether oxygens (including phenoxy) is 1. The van der Waals surface area contributed by atoms with Crippen LogP contribution in [0, 0.1) is 13.8 Å². The lowest BCUT2D eigenvalue weighted by Crippen LogP contribution is -2.45. The summed E-state index contributed by atoms with van der Waals surface area (Å²) >= 11 is 7.81. The van der Waals surface area contributed by atoms with Crippen LogP contribution in [0.2, 0.25) is 5.02 Å². The number of aryl methyl sites for hydroxylation is 2. The fraction of sp³-hybridized carbons (Fsp3) is 0.344. The van der Waals surface area contributed by atoms with Crippen molar-refractivity contribution >= 4 is 50.2 Å². The number of carboxylic acids is 1. The monoisotopic (exact) mass is 588 g/mol. The molecule has 0 saturated carbocycles. The summed E-state index contributed by atoms with van der Waals surface area (Å²) in [5.41, 5.74) is 6.39. The molecule has 1 fully saturated rings. The van der Waals surface area contributed by atoms with Crippen molar-refractivity contribution in [1.82, 2.24) is 19.4 Å². The van der Waals surface area contributed by atoms with Crippen molar-refractivity contribution in [3.63, 3.8) is 0 Å². The predicted molar refractivity (Wildman–Crippen MR) is 166 cm³/mol. The minimum Gasteiger partial charge on any atom is -0.479 e. The van der Waals surface area contributed by atoms with Gasteiger partial charge in [-0.05, 0) is 89.2 Å². The average molecular weight is 589 g/mol. The summed E-state index contributed by atoms with van der Waals surface area (Å²) in [6.45, 7) is 11.6. The van der Waals surface area contributed by atoms with Gasteiger partial charge in [-0.25, -0.2) is 14.8 Å². The van der Waals surface area contributed by atoms with Gasteiger partial charge in [-0.15, -0.1) is 11.3 Å². The van der Waals surface area contributed by atoms with Crippen LogP contribution in [0.5, 0.6) is 0 Å². The number of aromatic nitrogens is 3. The van der Waals surface area contributed by atoms with E-state index in [2.05, 4.69) is 41.6 Å². The van der Waals surface area contributed by atoms with Gasteiger partial charge >= 0.3 is 5.97 Å². The average Bonchev–Trinajstić information content (AvgIpc) is 3.44. The summed E-state index contributed by atoms with van der Waals surface area (Å²) in [5.74, 6) is -0.0125. The van der Waals surface area contributed by atoms with Crippen LogP contribution in [-0.2, 0) is 9.53 Å². The third kappa shape index (κ3) is 5.14. The summed E-state index contributed by atoms with van der Waals surface area (Å²) in [4.78, 5) is 24.8. The number of halogens is 1. The van der Waals surface area contributed by atoms with Gasteiger partial charge in [0.2, 0.25) is 0 Å². The van der Waals surface area contributed by atoms with Crippen LogP contribution in [-0.4, -0.2) is 56.2 Å². The highest BCUT2D eigenvalue weighted by atomic mass is 35.5. The molecule has 0 radical (unpaired) electrons. The lowest BCUT2D eigenvalue weighted by atomic mass is 9.91. The maximum atomic E-state index is 12.6. The highest BCUT2D eigenvalue weighted by Crippen LogP contribution is 2.44. The van der Waals surface area contributed by atoms with Crippen LogP contribution in [0.1, 0.15) is 49.9 Å². The van der Waals surface area contributed by atoms with E-state index in [1.54, 1.807) is 11.3 Å². The maximum Gasteiger partial charge on any atom is 0.337 e. The number of likely N-dealkylation sites (tertiary alicyclic amines) is 1. The Hall–Kier alpha value is -3.30. The minimum absolute atomic E-state index is 0.410. The Morgan fingerprint density at radius 1 is 1.05 bits per heavy atom. The molecule has 1 saturated heterocycles. The molecular weight excluding hydrogens is 556 g/mol. The van der Waals surface area contributed by atoms with Crippen molar-refractivity contribution < 1.29 is 14.6 Å². The number of carboxylic acid groups (broad SMARTS) is 1. The Bertz CT molecular complexity index is 1800. The lowest BCUT2D eigenvalue weighted by molar-refractivity contribution is -0.160. The van der Waals surface area contributed by atoms with E-state index < -0.39 is 17.7 Å². The van der Waals surface area contributed by atoms with E-state index in [4.69, 9.17) is 26.3 Å². The molecule has 1 N–H and O–H groups in total. The molecule has 3 heterocycles. The summed E-state index contributed by atoms with van der Waals surface area (Å²) in [6.07, 6.45) is -1.15. The Morgan fingerprint density at radius 3 is 2.37 bits per heavy atom. The molecule has 3 aromatic carbocycles. The van der Waals surface area contributed by atoms with E-state index in [1.165, 1.54) is 0 Å². The summed E-state index contributed by atoms with van der Waals surface area (Å²) in [6, 6.07) is 16.2. The molecule has 6 rings (SSSR count). The van der Waals surface area contributed by atoms with Gasteiger partial charge in [0, 0.05) is 34.8 Å². The molecule has 212 valence electrons. The van der Waals surface area contributed by atoms with Gasteiger partial charge in [-0.3, -0.25) is 0 Å². The Balaban J connectivity index is 1.56. The quantitative estimate of drug-likeness (QED) is 0.219. The minimum atomic E-state index is -1.15. The fourth-order valence-corrected chi connectivity index (χ4v) is 7.05. The molecule has 9 heteroatoms. The molecule has 7 nitrogen and oxygen atoms in total. The number of benzene rings is 3. The molecule has 41 heavy (non-hydrogen) atoms. The standard InChI is InChI=1S/C32H33ClN4O3S/c1-17-13-24-29(27(19-7-10-21(33)11-8-19)26(17)28(31(38)39)40-32(3,4)5)41-30(35-24)20-9-12-23-25(14-20)37(18(2)34-23)22-15-36(6)16-22/h7-14,22,28H,15-16H2,1-6H3,(H,38,39)/t28-/m0/s1. The second-order valence-corrected chi connectivity index (χ2v) is 13.3. The molecule has 1 aliphatic rings. The van der Waals surface area contributed by atoms with Crippen LogP contribution < -0.4 is 0 Å². The molecule has 0 bridgehead atoms. The van der Waals surface area contributed by atoms with Gasteiger partial charge in [0.15, 0.2) is 6.10 Å². The Kier molecular flexibility index (Phi) is 6.93. The number of carbonyl (C=O) groups is 1. The topological polar surface area (TPSA) is 80.5 Å². The van der Waals surface area contributed by atoms with Gasteiger partial charge in [0.05, 0.1) is 32.9 Å². The molecule has 1 aliphatic heterocycles. The normalized spacial score (nSPS) is 15.5. The van der Waals surface area contributed by atoms with Crippen molar-refractivity contribution in [2.75, 3.05) is 20.1 Å². The number of hydrogen-bond acceptors (Lipinski definition) is 6. The molecule has 0 spiro atoms. The van der Waals surface area contributed by atoms with E-state index in [0.717, 1.165) is 67.4 Å². The Morgan fingerprint density at radius 2 is 1.73 bits per heavy atom. The van der Waals surface area contributed by atoms with E-state index in [-0.39, 0.29) is 0 Å². The van der Waals surface area contributed by atoms with E-state index in [9.17, 15) is 9.90 Å². The van der Waals surface area contributed by atoms with E-state index in [1.807, 2.05) is 58.0 Å². The number of nitrogens with zero attached hydrogens (tertiary/aromatic N) is 4. The molecule has 5 aromatic rings. The van der Waals surface area contributed by atoms with Crippen molar-refractivity contribution in [3.8, 4) is 21.7 Å². The first-order valence-corrected chi connectivity index (χ1v) is 14.9. The molecule has 1 atom stereocenters. The van der Waals surface area contributed by atoms with Crippen molar-refractivity contribution in [1.29, 1.82) is 0 Å². The van der Waals surface area contributed by atoms with Gasteiger partial charge in [0.25, 0.3) is 0 Å². The van der Waals surface area contributed by atoms with Gasteiger partial charge in [0.1, 0.15) is 10.8 Å². The summed E-state index contributed by atoms with van der Waals surface area (Å²) in [7, 11) is 2.13. The van der Waals surface area contributed by atoms with Crippen molar-refractivity contribution in [3.05, 3.63) is 70.5 Å². The zero-order chi connectivity index (χ0) is 29.2. The van der Waals surface area contributed by atoms with Gasteiger partial charge in [-0.2, -0.15) is 0 Å². The molecule has 0 aliphatic carbocycles. The second-order valence-electron chi connectivity index (χ2n) is 11.9. The summed E-state index contributed by atoms with van der Waals surface area (Å²) in [5, 5.41) is 11.8. The van der Waals surface area contributed by atoms with Gasteiger partial charge < -0.3 is 19.3 Å².